The molecule has 3 aliphatic rings. The van der Waals surface area contributed by atoms with Gasteiger partial charge in [0.2, 0.25) is 17.7 Å². The zero-order valence-corrected chi connectivity index (χ0v) is 12.2. The average Bonchev–Trinajstić information content (AvgIpc) is 3.16. The predicted octanol–water partition coefficient (Wildman–Crippen LogP) is 0.601. The number of nitrogens with zero attached hydrogens (tertiary/aromatic N) is 1. The number of carbonyl (C=O) groups is 3. The second kappa shape index (κ2) is 5.75. The molecule has 1 saturated carbocycles. The van der Waals surface area contributed by atoms with Crippen LogP contribution >= 0.6 is 0 Å². The van der Waals surface area contributed by atoms with Gasteiger partial charge in [-0.1, -0.05) is 12.8 Å². The molecule has 3 fully saturated rings. The van der Waals surface area contributed by atoms with E-state index in [4.69, 9.17) is 4.74 Å². The summed E-state index contributed by atoms with van der Waals surface area (Å²) in [4.78, 5) is 37.6. The highest BCUT2D eigenvalue weighted by molar-refractivity contribution is 6.08. The maximum Gasteiger partial charge on any atom is 0.240 e. The molecule has 1 spiro atoms. The first-order valence-electron chi connectivity index (χ1n) is 7.84. The SMILES string of the molecule is O=C(CN1C(=O)CC2(CCCC2)C1=O)NC[C@H]1CCCO1. The van der Waals surface area contributed by atoms with Gasteiger partial charge >= 0.3 is 0 Å². The van der Waals surface area contributed by atoms with E-state index in [0.29, 0.717) is 6.54 Å². The van der Waals surface area contributed by atoms with E-state index in [1.807, 2.05) is 0 Å². The first-order valence-corrected chi connectivity index (χ1v) is 7.84. The minimum absolute atomic E-state index is 0.0695. The van der Waals surface area contributed by atoms with Crippen molar-refractivity contribution in [3.05, 3.63) is 0 Å². The van der Waals surface area contributed by atoms with E-state index >= 15 is 0 Å². The molecule has 0 aromatic heterocycles. The summed E-state index contributed by atoms with van der Waals surface area (Å²) in [6, 6.07) is 0. The fourth-order valence-electron chi connectivity index (χ4n) is 3.69. The third-order valence-corrected chi connectivity index (χ3v) is 4.90. The summed E-state index contributed by atoms with van der Waals surface area (Å²) < 4.78 is 5.43. The molecular formula is C15H22N2O4. The molecule has 21 heavy (non-hydrogen) atoms. The van der Waals surface area contributed by atoms with E-state index in [-0.39, 0.29) is 36.8 Å². The smallest absolute Gasteiger partial charge is 0.240 e. The normalized spacial score (nSPS) is 27.8. The fourth-order valence-corrected chi connectivity index (χ4v) is 3.69. The first kappa shape index (κ1) is 14.5. The molecule has 3 rings (SSSR count). The monoisotopic (exact) mass is 294 g/mol. The number of ether oxygens (including phenoxy) is 1. The van der Waals surface area contributed by atoms with Crippen molar-refractivity contribution in [1.29, 1.82) is 0 Å². The Morgan fingerprint density at radius 3 is 2.71 bits per heavy atom. The molecule has 1 atom stereocenters. The van der Waals surface area contributed by atoms with Crippen LogP contribution in [-0.2, 0) is 19.1 Å². The maximum atomic E-state index is 12.4. The molecule has 2 saturated heterocycles. The quantitative estimate of drug-likeness (QED) is 0.770. The second-order valence-electron chi connectivity index (χ2n) is 6.39. The molecule has 0 bridgehead atoms. The zero-order valence-electron chi connectivity index (χ0n) is 12.2. The van der Waals surface area contributed by atoms with Crippen molar-refractivity contribution in [2.75, 3.05) is 19.7 Å². The van der Waals surface area contributed by atoms with Gasteiger partial charge in [0.15, 0.2) is 0 Å². The van der Waals surface area contributed by atoms with E-state index in [2.05, 4.69) is 5.32 Å². The summed E-state index contributed by atoms with van der Waals surface area (Å²) in [6.45, 7) is 1.05. The lowest BCUT2D eigenvalue weighted by Crippen LogP contribution is -2.43. The largest absolute Gasteiger partial charge is 0.376 e. The summed E-state index contributed by atoms with van der Waals surface area (Å²) in [7, 11) is 0. The Hall–Kier alpha value is -1.43. The summed E-state index contributed by atoms with van der Waals surface area (Å²) in [5, 5.41) is 2.76. The number of nitrogens with one attached hydrogen (secondary N) is 1. The van der Waals surface area contributed by atoms with Crippen LogP contribution in [0.3, 0.4) is 0 Å². The minimum atomic E-state index is -0.494. The Kier molecular flexibility index (Phi) is 3.97. The minimum Gasteiger partial charge on any atom is -0.376 e. The molecule has 0 unspecified atom stereocenters. The Morgan fingerprint density at radius 2 is 2.05 bits per heavy atom. The standard InChI is InChI=1S/C15H22N2O4/c18-12(16-9-11-4-3-7-21-11)10-17-13(19)8-15(14(17)20)5-1-2-6-15/h11H,1-10H2,(H,16,18)/t11-/m1/s1. The summed E-state index contributed by atoms with van der Waals surface area (Å²) in [5.41, 5.74) is -0.494. The molecule has 6 heteroatoms. The molecule has 1 aliphatic carbocycles. The number of hydrogen-bond donors (Lipinski definition) is 1. The molecule has 2 heterocycles. The lowest BCUT2D eigenvalue weighted by Gasteiger charge is -2.20. The molecule has 3 amide bonds. The molecule has 0 aromatic carbocycles. The van der Waals surface area contributed by atoms with Crippen molar-refractivity contribution in [2.24, 2.45) is 5.41 Å². The molecular weight excluding hydrogens is 272 g/mol. The van der Waals surface area contributed by atoms with Crippen LogP contribution in [-0.4, -0.2) is 48.4 Å². The van der Waals surface area contributed by atoms with Gasteiger partial charge in [-0.3, -0.25) is 19.3 Å². The molecule has 6 nitrogen and oxygen atoms in total. The van der Waals surface area contributed by atoms with Crippen LogP contribution in [0, 0.1) is 5.41 Å². The summed E-state index contributed by atoms with van der Waals surface area (Å²) in [5.74, 6) is -0.617. The van der Waals surface area contributed by atoms with Crippen LogP contribution < -0.4 is 5.32 Å². The number of amides is 3. The van der Waals surface area contributed by atoms with Gasteiger partial charge in [-0.2, -0.15) is 0 Å². The van der Waals surface area contributed by atoms with E-state index < -0.39 is 5.41 Å². The molecule has 116 valence electrons. The van der Waals surface area contributed by atoms with Gasteiger partial charge in [0.05, 0.1) is 11.5 Å². The number of rotatable bonds is 4. The van der Waals surface area contributed by atoms with Gasteiger partial charge in [0, 0.05) is 19.6 Å². The van der Waals surface area contributed by atoms with Crippen LogP contribution in [0.5, 0.6) is 0 Å². The Balaban J connectivity index is 1.53. The number of hydrogen-bond acceptors (Lipinski definition) is 4. The van der Waals surface area contributed by atoms with Gasteiger partial charge in [-0.05, 0) is 25.7 Å². The third kappa shape index (κ3) is 2.81. The molecule has 0 aromatic rings. The van der Waals surface area contributed by atoms with Crippen molar-refractivity contribution in [3.63, 3.8) is 0 Å². The van der Waals surface area contributed by atoms with Crippen molar-refractivity contribution >= 4 is 17.7 Å². The lowest BCUT2D eigenvalue weighted by molar-refractivity contribution is -0.144. The second-order valence-corrected chi connectivity index (χ2v) is 6.39. The predicted molar refractivity (Wildman–Crippen MR) is 74.2 cm³/mol. The third-order valence-electron chi connectivity index (χ3n) is 4.90. The number of imide groups is 1. The number of likely N-dealkylation sites (tertiary alicyclic amines) is 1. The van der Waals surface area contributed by atoms with Crippen LogP contribution in [0.25, 0.3) is 0 Å². The van der Waals surface area contributed by atoms with Gasteiger partial charge in [-0.25, -0.2) is 0 Å². The summed E-state index contributed by atoms with van der Waals surface area (Å²) in [6.07, 6.45) is 5.88. The van der Waals surface area contributed by atoms with Gasteiger partial charge < -0.3 is 10.1 Å². The van der Waals surface area contributed by atoms with E-state index in [1.165, 1.54) is 0 Å². The van der Waals surface area contributed by atoms with Crippen molar-refractivity contribution in [2.45, 2.75) is 51.0 Å². The first-order chi connectivity index (χ1) is 10.1. The van der Waals surface area contributed by atoms with Crippen molar-refractivity contribution in [1.82, 2.24) is 10.2 Å². The van der Waals surface area contributed by atoms with Gasteiger partial charge in [0.1, 0.15) is 6.54 Å². The van der Waals surface area contributed by atoms with Crippen molar-refractivity contribution < 1.29 is 19.1 Å². The lowest BCUT2D eigenvalue weighted by atomic mass is 9.84. The van der Waals surface area contributed by atoms with Crippen molar-refractivity contribution in [3.8, 4) is 0 Å². The highest BCUT2D eigenvalue weighted by atomic mass is 16.5. The topological polar surface area (TPSA) is 75.7 Å². The molecule has 2 aliphatic heterocycles. The van der Waals surface area contributed by atoms with Gasteiger partial charge in [-0.15, -0.1) is 0 Å². The van der Waals surface area contributed by atoms with Gasteiger partial charge in [0.25, 0.3) is 0 Å². The van der Waals surface area contributed by atoms with E-state index in [1.54, 1.807) is 0 Å². The van der Waals surface area contributed by atoms with Crippen LogP contribution in [0.1, 0.15) is 44.9 Å². The molecule has 1 N–H and O–H groups in total. The van der Waals surface area contributed by atoms with Crippen LogP contribution in [0.15, 0.2) is 0 Å². The highest BCUT2D eigenvalue weighted by Gasteiger charge is 2.52. The Morgan fingerprint density at radius 1 is 1.29 bits per heavy atom. The van der Waals surface area contributed by atoms with E-state index in [9.17, 15) is 14.4 Å². The molecule has 0 radical (unpaired) electrons. The Bertz CT molecular complexity index is 451. The number of carbonyl (C=O) groups excluding carboxylic acids is 3. The Labute approximate surface area is 124 Å². The zero-order chi connectivity index (χ0) is 14.9. The van der Waals surface area contributed by atoms with Crippen LogP contribution in [0.2, 0.25) is 0 Å². The summed E-state index contributed by atoms with van der Waals surface area (Å²) >= 11 is 0. The van der Waals surface area contributed by atoms with E-state index in [0.717, 1.165) is 50.0 Å². The highest BCUT2D eigenvalue weighted by Crippen LogP contribution is 2.46. The van der Waals surface area contributed by atoms with Crippen LogP contribution in [0.4, 0.5) is 0 Å². The maximum absolute atomic E-state index is 12.4. The fraction of sp³-hybridized carbons (Fsp3) is 0.800. The average molecular weight is 294 g/mol.